The van der Waals surface area contributed by atoms with Gasteiger partial charge in [0.05, 0.1) is 5.60 Å². The Labute approximate surface area is 132 Å². The molecular formula is C14H28N4O2S. The molecule has 6 nitrogen and oxygen atoms in total. The summed E-state index contributed by atoms with van der Waals surface area (Å²) >= 11 is 1.77. The van der Waals surface area contributed by atoms with E-state index in [-0.39, 0.29) is 18.1 Å². The van der Waals surface area contributed by atoms with Gasteiger partial charge in [-0.15, -0.1) is 0 Å². The third-order valence-corrected chi connectivity index (χ3v) is 4.01. The van der Waals surface area contributed by atoms with Crippen molar-refractivity contribution in [3.05, 3.63) is 0 Å². The Kier molecular flexibility index (Phi) is 7.88. The van der Waals surface area contributed by atoms with Crippen LogP contribution in [0.25, 0.3) is 0 Å². The van der Waals surface area contributed by atoms with Crippen LogP contribution >= 0.6 is 11.8 Å². The molecule has 0 aromatic carbocycles. The molecule has 1 saturated heterocycles. The van der Waals surface area contributed by atoms with Gasteiger partial charge in [0.1, 0.15) is 6.54 Å². The highest BCUT2D eigenvalue weighted by atomic mass is 32.2. The minimum absolute atomic E-state index is 0.00991. The van der Waals surface area contributed by atoms with Gasteiger partial charge in [-0.1, -0.05) is 0 Å². The van der Waals surface area contributed by atoms with E-state index in [0.29, 0.717) is 12.5 Å². The minimum Gasteiger partial charge on any atom is -0.373 e. The van der Waals surface area contributed by atoms with Crippen LogP contribution in [0.4, 0.5) is 0 Å². The zero-order chi connectivity index (χ0) is 15.7. The van der Waals surface area contributed by atoms with Crippen molar-refractivity contribution in [1.29, 1.82) is 0 Å². The SMILES string of the molecule is CSCCNC(=NCC(=O)N(C)C)NCC1(C)CCCO1. The van der Waals surface area contributed by atoms with E-state index >= 15 is 0 Å². The summed E-state index contributed by atoms with van der Waals surface area (Å²) in [5.74, 6) is 1.66. The van der Waals surface area contributed by atoms with Gasteiger partial charge in [0.25, 0.3) is 0 Å². The summed E-state index contributed by atoms with van der Waals surface area (Å²) in [6, 6.07) is 0. The lowest BCUT2D eigenvalue weighted by Gasteiger charge is -2.24. The van der Waals surface area contributed by atoms with E-state index in [0.717, 1.165) is 31.7 Å². The topological polar surface area (TPSA) is 66.0 Å². The van der Waals surface area contributed by atoms with Crippen LogP contribution in [-0.4, -0.2) is 74.7 Å². The average molecular weight is 316 g/mol. The number of rotatable bonds is 7. The summed E-state index contributed by atoms with van der Waals surface area (Å²) < 4.78 is 5.76. The number of thioether (sulfide) groups is 1. The Bertz CT molecular complexity index is 355. The predicted octanol–water partition coefficient (Wildman–Crippen LogP) is 0.542. The number of amides is 1. The van der Waals surface area contributed by atoms with Crippen LogP contribution in [0.3, 0.4) is 0 Å². The van der Waals surface area contributed by atoms with E-state index in [4.69, 9.17) is 4.74 Å². The molecule has 7 heteroatoms. The second-order valence-corrected chi connectivity index (χ2v) is 6.61. The summed E-state index contributed by atoms with van der Waals surface area (Å²) in [4.78, 5) is 17.5. The fourth-order valence-corrected chi connectivity index (χ4v) is 2.29. The number of carbonyl (C=O) groups excluding carboxylic acids is 1. The molecule has 1 aliphatic rings. The predicted molar refractivity (Wildman–Crippen MR) is 89.0 cm³/mol. The van der Waals surface area contributed by atoms with E-state index in [9.17, 15) is 4.79 Å². The van der Waals surface area contributed by atoms with Gasteiger partial charge in [-0.3, -0.25) is 4.79 Å². The van der Waals surface area contributed by atoms with Crippen molar-refractivity contribution >= 4 is 23.6 Å². The molecule has 0 aliphatic carbocycles. The summed E-state index contributed by atoms with van der Waals surface area (Å²) in [6.45, 7) is 4.61. The first-order valence-corrected chi connectivity index (χ1v) is 8.71. The van der Waals surface area contributed by atoms with Gasteiger partial charge >= 0.3 is 0 Å². The quantitative estimate of drug-likeness (QED) is 0.408. The molecule has 1 rings (SSSR count). The normalized spacial score (nSPS) is 22.2. The minimum atomic E-state index is -0.131. The molecule has 0 aromatic heterocycles. The fraction of sp³-hybridized carbons (Fsp3) is 0.857. The van der Waals surface area contributed by atoms with Gasteiger partial charge in [-0.05, 0) is 26.0 Å². The smallest absolute Gasteiger partial charge is 0.243 e. The Morgan fingerprint density at radius 3 is 2.76 bits per heavy atom. The van der Waals surface area contributed by atoms with Crippen molar-refractivity contribution < 1.29 is 9.53 Å². The second-order valence-electron chi connectivity index (χ2n) is 5.63. The zero-order valence-electron chi connectivity index (χ0n) is 13.6. The summed E-state index contributed by atoms with van der Waals surface area (Å²) in [7, 11) is 3.47. The lowest BCUT2D eigenvalue weighted by molar-refractivity contribution is -0.127. The number of carbonyl (C=O) groups is 1. The van der Waals surface area contributed by atoms with Crippen molar-refractivity contribution in [2.75, 3.05) is 52.3 Å². The maximum atomic E-state index is 11.6. The first-order valence-electron chi connectivity index (χ1n) is 7.32. The van der Waals surface area contributed by atoms with E-state index in [1.807, 2.05) is 0 Å². The number of nitrogens with zero attached hydrogens (tertiary/aromatic N) is 2. The molecule has 0 spiro atoms. The van der Waals surface area contributed by atoms with Crippen molar-refractivity contribution in [1.82, 2.24) is 15.5 Å². The molecule has 122 valence electrons. The third kappa shape index (κ3) is 7.04. The molecule has 0 bridgehead atoms. The highest BCUT2D eigenvalue weighted by Crippen LogP contribution is 2.23. The standard InChI is InChI=1S/C14H28N4O2S/c1-14(6-5-8-20-14)11-17-13(15-7-9-21-4)16-10-12(19)18(2)3/h5-11H2,1-4H3,(H2,15,16,17). The summed E-state index contributed by atoms with van der Waals surface area (Å²) in [5, 5.41) is 6.54. The van der Waals surface area contributed by atoms with E-state index in [1.165, 1.54) is 0 Å². The molecule has 1 atom stereocenters. The molecule has 1 amide bonds. The first-order chi connectivity index (χ1) is 9.97. The van der Waals surface area contributed by atoms with E-state index in [1.54, 1.807) is 30.8 Å². The molecule has 1 aliphatic heterocycles. The second kappa shape index (κ2) is 9.15. The Morgan fingerprint density at radius 1 is 1.43 bits per heavy atom. The molecule has 0 saturated carbocycles. The zero-order valence-corrected chi connectivity index (χ0v) is 14.4. The summed E-state index contributed by atoms with van der Waals surface area (Å²) in [5.41, 5.74) is -0.131. The Morgan fingerprint density at radius 2 is 2.19 bits per heavy atom. The molecule has 1 unspecified atom stereocenters. The Hall–Kier alpha value is -0.950. The number of nitrogens with one attached hydrogen (secondary N) is 2. The third-order valence-electron chi connectivity index (χ3n) is 3.40. The van der Waals surface area contributed by atoms with Crippen molar-refractivity contribution in [3.8, 4) is 0 Å². The van der Waals surface area contributed by atoms with Crippen LogP contribution < -0.4 is 10.6 Å². The molecule has 2 N–H and O–H groups in total. The molecule has 0 radical (unpaired) electrons. The van der Waals surface area contributed by atoms with Crippen LogP contribution in [0.5, 0.6) is 0 Å². The molecule has 1 fully saturated rings. The van der Waals surface area contributed by atoms with Gasteiger partial charge in [0.15, 0.2) is 5.96 Å². The first kappa shape index (κ1) is 18.1. The molecule has 1 heterocycles. The lowest BCUT2D eigenvalue weighted by atomic mass is 10.0. The number of likely N-dealkylation sites (N-methyl/N-ethyl adjacent to an activating group) is 1. The average Bonchev–Trinajstić information content (AvgIpc) is 2.88. The fourth-order valence-electron chi connectivity index (χ4n) is 1.98. The van der Waals surface area contributed by atoms with Crippen LogP contribution in [0.1, 0.15) is 19.8 Å². The van der Waals surface area contributed by atoms with Crippen LogP contribution in [0.2, 0.25) is 0 Å². The number of guanidine groups is 1. The monoisotopic (exact) mass is 316 g/mol. The molecule has 0 aromatic rings. The molecule has 21 heavy (non-hydrogen) atoms. The number of hydrogen-bond donors (Lipinski definition) is 2. The van der Waals surface area contributed by atoms with Crippen LogP contribution in [0.15, 0.2) is 4.99 Å². The van der Waals surface area contributed by atoms with Gasteiger partial charge in [-0.25, -0.2) is 4.99 Å². The van der Waals surface area contributed by atoms with E-state index in [2.05, 4.69) is 28.8 Å². The number of aliphatic imine (C=N–C) groups is 1. The van der Waals surface area contributed by atoms with Crippen molar-refractivity contribution in [3.63, 3.8) is 0 Å². The van der Waals surface area contributed by atoms with E-state index < -0.39 is 0 Å². The van der Waals surface area contributed by atoms with Crippen molar-refractivity contribution in [2.24, 2.45) is 4.99 Å². The highest BCUT2D eigenvalue weighted by Gasteiger charge is 2.29. The lowest BCUT2D eigenvalue weighted by Crippen LogP contribution is -2.46. The maximum Gasteiger partial charge on any atom is 0.243 e. The van der Waals surface area contributed by atoms with Crippen molar-refractivity contribution in [2.45, 2.75) is 25.4 Å². The Balaban J connectivity index is 2.50. The van der Waals surface area contributed by atoms with Gasteiger partial charge < -0.3 is 20.3 Å². The van der Waals surface area contributed by atoms with Gasteiger partial charge in [-0.2, -0.15) is 11.8 Å². The number of ether oxygens (including phenoxy) is 1. The summed E-state index contributed by atoms with van der Waals surface area (Å²) in [6.07, 6.45) is 4.22. The maximum absolute atomic E-state index is 11.6. The van der Waals surface area contributed by atoms with Crippen LogP contribution in [0, 0.1) is 0 Å². The number of hydrogen-bond acceptors (Lipinski definition) is 4. The molecular weight excluding hydrogens is 288 g/mol. The van der Waals surface area contributed by atoms with Gasteiger partial charge in [0, 0.05) is 39.5 Å². The highest BCUT2D eigenvalue weighted by molar-refractivity contribution is 7.98. The van der Waals surface area contributed by atoms with Gasteiger partial charge in [0.2, 0.25) is 5.91 Å². The van der Waals surface area contributed by atoms with Crippen LogP contribution in [-0.2, 0) is 9.53 Å². The largest absolute Gasteiger partial charge is 0.373 e.